The fraction of sp³-hybridized carbons (Fsp3) is 0.457. The van der Waals surface area contributed by atoms with E-state index in [0.717, 1.165) is 48.9 Å². The zero-order chi connectivity index (χ0) is 33.9. The van der Waals surface area contributed by atoms with E-state index in [1.54, 1.807) is 27.0 Å². The second kappa shape index (κ2) is 14.0. The number of aromatic nitrogens is 3. The van der Waals surface area contributed by atoms with Gasteiger partial charge in [0.2, 0.25) is 11.9 Å². The molecule has 1 saturated heterocycles. The third kappa shape index (κ3) is 7.48. The van der Waals surface area contributed by atoms with Crippen LogP contribution in [0.4, 0.5) is 34.5 Å². The van der Waals surface area contributed by atoms with Gasteiger partial charge in [-0.3, -0.25) is 9.78 Å². The van der Waals surface area contributed by atoms with Crippen LogP contribution in [0.15, 0.2) is 43.1 Å². The number of benzene rings is 1. The lowest BCUT2D eigenvalue weighted by Gasteiger charge is -2.27. The summed E-state index contributed by atoms with van der Waals surface area (Å²) in [5.41, 5.74) is 4.59. The molecule has 12 nitrogen and oxygen atoms in total. The number of anilines is 6. The van der Waals surface area contributed by atoms with E-state index in [4.69, 9.17) is 19.4 Å². The van der Waals surface area contributed by atoms with E-state index < -0.39 is 5.97 Å². The zero-order valence-corrected chi connectivity index (χ0v) is 28.5. The Labute approximate surface area is 277 Å². The molecule has 1 amide bonds. The normalized spacial score (nSPS) is 15.4. The number of pyridine rings is 1. The molecule has 2 aromatic heterocycles. The van der Waals surface area contributed by atoms with Gasteiger partial charge < -0.3 is 34.8 Å². The number of hydrogen-bond acceptors (Lipinski definition) is 11. The van der Waals surface area contributed by atoms with Crippen LogP contribution in [0.3, 0.4) is 0 Å². The highest BCUT2D eigenvalue weighted by Gasteiger charge is 2.39. The van der Waals surface area contributed by atoms with Gasteiger partial charge in [-0.2, -0.15) is 4.98 Å². The van der Waals surface area contributed by atoms with Crippen LogP contribution >= 0.6 is 0 Å². The molecule has 1 aromatic carbocycles. The Bertz CT molecular complexity index is 1650. The maximum atomic E-state index is 13.3. The Kier molecular flexibility index (Phi) is 9.99. The lowest BCUT2D eigenvalue weighted by Crippen LogP contribution is -2.32. The van der Waals surface area contributed by atoms with Gasteiger partial charge >= 0.3 is 5.97 Å². The summed E-state index contributed by atoms with van der Waals surface area (Å²) in [5, 5.41) is 6.22. The molecule has 0 spiro atoms. The first-order valence-corrected chi connectivity index (χ1v) is 16.1. The highest BCUT2D eigenvalue weighted by atomic mass is 16.5. The standard InChI is InChI=1S/C35H46N8O4/c1-9-30(44)38-25-18-26(29(46-8)19-28(25)41(7)16-17-42-14-10-11-15-42)39-34-36-20-24(33(45)47-22(2)3)32(40-34)43-21-35(5,6)31-27(43)13-12-23(4)37-31/h9,12-13,18-20,22H,1,10-11,14-17,21H2,2-8H3,(H,38,44)(H,36,39,40). The quantitative estimate of drug-likeness (QED) is 0.190. The third-order valence-electron chi connectivity index (χ3n) is 8.45. The number of nitrogens with zero attached hydrogens (tertiary/aromatic N) is 6. The first kappa shape index (κ1) is 33.6. The van der Waals surface area contributed by atoms with Gasteiger partial charge in [-0.15, -0.1) is 0 Å². The number of fused-ring (bicyclic) bond motifs is 1. The van der Waals surface area contributed by atoms with E-state index in [-0.39, 0.29) is 28.9 Å². The fourth-order valence-electron chi connectivity index (χ4n) is 6.04. The summed E-state index contributed by atoms with van der Waals surface area (Å²) in [6.45, 7) is 17.9. The monoisotopic (exact) mass is 642 g/mol. The van der Waals surface area contributed by atoms with Gasteiger partial charge in [0.15, 0.2) is 5.82 Å². The molecule has 5 rings (SSSR count). The van der Waals surface area contributed by atoms with Gasteiger partial charge in [-0.1, -0.05) is 20.4 Å². The van der Waals surface area contributed by atoms with Crippen molar-refractivity contribution in [3.05, 3.63) is 60.1 Å². The molecule has 12 heteroatoms. The minimum absolute atomic E-state index is 0.238. The first-order valence-electron chi connectivity index (χ1n) is 16.1. The minimum Gasteiger partial charge on any atom is -0.494 e. The predicted octanol–water partition coefficient (Wildman–Crippen LogP) is 5.58. The topological polar surface area (TPSA) is 125 Å². The number of esters is 1. The van der Waals surface area contributed by atoms with Crippen molar-refractivity contribution >= 4 is 46.4 Å². The minimum atomic E-state index is -0.513. The molecule has 2 aliphatic heterocycles. The first-order chi connectivity index (χ1) is 22.4. The van der Waals surface area contributed by atoms with Gasteiger partial charge in [0.05, 0.1) is 41.7 Å². The third-order valence-corrected chi connectivity index (χ3v) is 8.45. The van der Waals surface area contributed by atoms with E-state index in [9.17, 15) is 9.59 Å². The van der Waals surface area contributed by atoms with Gasteiger partial charge in [-0.05, 0) is 71.0 Å². The van der Waals surface area contributed by atoms with E-state index in [1.165, 1.54) is 25.1 Å². The van der Waals surface area contributed by atoms with E-state index in [1.807, 2.05) is 37.1 Å². The Morgan fingerprint density at radius 1 is 1.15 bits per heavy atom. The predicted molar refractivity (Wildman–Crippen MR) is 186 cm³/mol. The van der Waals surface area contributed by atoms with Crippen LogP contribution in [-0.4, -0.2) is 84.7 Å². The molecule has 0 aliphatic carbocycles. The summed E-state index contributed by atoms with van der Waals surface area (Å²) in [5.74, 6) is 0.331. The zero-order valence-electron chi connectivity index (χ0n) is 28.5. The van der Waals surface area contributed by atoms with Crippen LogP contribution in [-0.2, 0) is 14.9 Å². The number of carbonyl (C=O) groups is 2. The number of likely N-dealkylation sites (N-methyl/N-ethyl adjacent to an activating group) is 1. The van der Waals surface area contributed by atoms with Crippen LogP contribution in [0.1, 0.15) is 62.3 Å². The molecular formula is C35H46N8O4. The number of likely N-dealkylation sites (tertiary alicyclic amines) is 1. The highest BCUT2D eigenvalue weighted by Crippen LogP contribution is 2.44. The van der Waals surface area contributed by atoms with Crippen molar-refractivity contribution in [3.63, 3.8) is 0 Å². The molecule has 0 atom stereocenters. The lowest BCUT2D eigenvalue weighted by molar-refractivity contribution is -0.111. The SMILES string of the molecule is C=CC(=O)Nc1cc(Nc2ncc(C(=O)OC(C)C)c(N3CC(C)(C)c4nc(C)ccc43)n2)c(OC)cc1N(C)CCN1CCCC1. The van der Waals surface area contributed by atoms with Gasteiger partial charge in [0.25, 0.3) is 0 Å². The Morgan fingerprint density at radius 2 is 1.89 bits per heavy atom. The summed E-state index contributed by atoms with van der Waals surface area (Å²) in [6, 6.07) is 7.64. The number of ether oxygens (including phenoxy) is 2. The maximum Gasteiger partial charge on any atom is 0.343 e. The number of amides is 1. The Morgan fingerprint density at radius 3 is 2.57 bits per heavy atom. The van der Waals surface area contributed by atoms with Crippen LogP contribution in [0.25, 0.3) is 0 Å². The van der Waals surface area contributed by atoms with Crippen molar-refractivity contribution < 1.29 is 19.1 Å². The van der Waals surface area contributed by atoms with Crippen molar-refractivity contribution in [2.45, 2.75) is 59.0 Å². The summed E-state index contributed by atoms with van der Waals surface area (Å²) in [4.78, 5) is 46.6. The van der Waals surface area contributed by atoms with Crippen LogP contribution < -0.4 is 25.2 Å². The average molecular weight is 643 g/mol. The average Bonchev–Trinajstić information content (AvgIpc) is 3.65. The molecule has 2 N–H and O–H groups in total. The van der Waals surface area contributed by atoms with E-state index in [2.05, 4.69) is 45.8 Å². The molecule has 4 heterocycles. The van der Waals surface area contributed by atoms with Gasteiger partial charge in [-0.25, -0.2) is 9.78 Å². The Hall–Kier alpha value is -4.71. The van der Waals surface area contributed by atoms with E-state index in [0.29, 0.717) is 29.5 Å². The highest BCUT2D eigenvalue weighted by molar-refractivity contribution is 6.02. The molecule has 0 saturated carbocycles. The van der Waals surface area contributed by atoms with Crippen LogP contribution in [0, 0.1) is 6.92 Å². The fourth-order valence-corrected chi connectivity index (χ4v) is 6.04. The van der Waals surface area contributed by atoms with Crippen molar-refractivity contribution in [1.82, 2.24) is 19.9 Å². The molecule has 0 bridgehead atoms. The number of aryl methyl sites for hydroxylation is 1. The summed E-state index contributed by atoms with van der Waals surface area (Å²) < 4.78 is 11.4. The number of hydrogen-bond donors (Lipinski definition) is 2. The second-order valence-electron chi connectivity index (χ2n) is 13.0. The number of rotatable bonds is 12. The molecule has 47 heavy (non-hydrogen) atoms. The summed E-state index contributed by atoms with van der Waals surface area (Å²) in [6.07, 6.45) is 4.85. The number of nitrogens with one attached hydrogen (secondary N) is 2. The van der Waals surface area contributed by atoms with Crippen molar-refractivity contribution in [1.29, 1.82) is 0 Å². The van der Waals surface area contributed by atoms with Crippen LogP contribution in [0.2, 0.25) is 0 Å². The van der Waals surface area contributed by atoms with Gasteiger partial charge in [0, 0.05) is 50.1 Å². The summed E-state index contributed by atoms with van der Waals surface area (Å²) in [7, 11) is 3.59. The summed E-state index contributed by atoms with van der Waals surface area (Å²) >= 11 is 0. The van der Waals surface area contributed by atoms with Gasteiger partial charge in [0.1, 0.15) is 11.3 Å². The van der Waals surface area contributed by atoms with Crippen molar-refractivity contribution in [2.24, 2.45) is 0 Å². The molecule has 3 aromatic rings. The molecule has 2 aliphatic rings. The van der Waals surface area contributed by atoms with Crippen LogP contribution in [0.5, 0.6) is 5.75 Å². The molecule has 250 valence electrons. The smallest absolute Gasteiger partial charge is 0.343 e. The second-order valence-corrected chi connectivity index (χ2v) is 13.0. The van der Waals surface area contributed by atoms with Crippen molar-refractivity contribution in [2.75, 3.05) is 67.3 Å². The molecular weight excluding hydrogens is 596 g/mol. The number of methoxy groups -OCH3 is 1. The molecule has 0 unspecified atom stereocenters. The Balaban J connectivity index is 1.53. The molecule has 1 fully saturated rings. The lowest BCUT2D eigenvalue weighted by atomic mass is 9.91. The van der Waals surface area contributed by atoms with Crippen molar-refractivity contribution in [3.8, 4) is 5.75 Å². The van der Waals surface area contributed by atoms with E-state index >= 15 is 0 Å². The number of carbonyl (C=O) groups excluding carboxylic acids is 2. The maximum absolute atomic E-state index is 13.3. The largest absolute Gasteiger partial charge is 0.494 e. The molecule has 0 radical (unpaired) electrons.